The number of unbranched alkanes of at least 4 members (excludes halogenated alkanes) is 2. The first-order chi connectivity index (χ1) is 5.68. The van der Waals surface area contributed by atoms with Crippen LogP contribution in [0.5, 0.6) is 0 Å². The van der Waals surface area contributed by atoms with Gasteiger partial charge in [-0.15, -0.1) is 0 Å². The Balaban J connectivity index is 0. The molecular weight excluding hydrogens is 164 g/mol. The molecule has 0 unspecified atom stereocenters. The molecule has 0 aliphatic heterocycles. The first kappa shape index (κ1) is 13.4. The zero-order chi connectivity index (χ0) is 9.82. The summed E-state index contributed by atoms with van der Waals surface area (Å²) in [5.41, 5.74) is 0. The van der Waals surface area contributed by atoms with Crippen molar-refractivity contribution in [3.05, 3.63) is 0 Å². The van der Waals surface area contributed by atoms with Crippen LogP contribution >= 0.6 is 0 Å². The molecule has 0 rings (SSSR count). The summed E-state index contributed by atoms with van der Waals surface area (Å²) in [7, 11) is 0. The second-order valence-corrected chi connectivity index (χ2v) is 1.85. The summed E-state index contributed by atoms with van der Waals surface area (Å²) in [6, 6.07) is 0. The lowest BCUT2D eigenvalue weighted by Gasteiger charge is -1.78. The van der Waals surface area contributed by atoms with Crippen LogP contribution in [0.2, 0.25) is 0 Å². The molecule has 0 aliphatic rings. The predicted octanol–water partition coefficient (Wildman–Crippen LogP) is 0.577. The predicted molar refractivity (Wildman–Crippen MR) is 40.4 cm³/mol. The summed E-state index contributed by atoms with van der Waals surface area (Å²) in [5, 5.41) is 7.29. The Morgan fingerprint density at radius 3 is 1.83 bits per heavy atom. The first-order valence-corrected chi connectivity index (χ1v) is 3.38. The fraction of sp³-hybridized carbons (Fsp3) is 0.571. The molecule has 12 heavy (non-hydrogen) atoms. The third-order valence-electron chi connectivity index (χ3n) is 0.773. The summed E-state index contributed by atoms with van der Waals surface area (Å²) >= 11 is 0. The van der Waals surface area contributed by atoms with E-state index in [4.69, 9.17) is 5.26 Å². The molecule has 0 fully saturated rings. The van der Waals surface area contributed by atoms with Gasteiger partial charge in [0.05, 0.1) is 0 Å². The summed E-state index contributed by atoms with van der Waals surface area (Å²) in [6.07, 6.45) is 3.37. The average Bonchev–Trinajstić information content (AvgIpc) is 2.07. The van der Waals surface area contributed by atoms with Gasteiger partial charge < -0.3 is 14.5 Å². The van der Waals surface area contributed by atoms with Crippen LogP contribution in [-0.2, 0) is 19.3 Å². The Bertz CT molecular complexity index is 124. The number of carbonyl (C=O) groups excluding carboxylic acids is 3. The highest BCUT2D eigenvalue weighted by Crippen LogP contribution is 1.85. The molecule has 70 valence electrons. The van der Waals surface area contributed by atoms with Crippen LogP contribution in [0.25, 0.3) is 0 Å². The third-order valence-corrected chi connectivity index (χ3v) is 0.773. The fourth-order valence-corrected chi connectivity index (χ4v) is 0.285. The van der Waals surface area contributed by atoms with Crippen LogP contribution in [0, 0.1) is 0 Å². The van der Waals surface area contributed by atoms with Crippen LogP contribution in [0.1, 0.15) is 26.2 Å². The Labute approximate surface area is 70.3 Å². The third kappa shape index (κ3) is 23.3. The minimum Gasteiger partial charge on any atom is -0.303 e. The van der Waals surface area contributed by atoms with Crippen LogP contribution in [0.15, 0.2) is 0 Å². The Morgan fingerprint density at radius 1 is 1.33 bits per heavy atom. The average molecular weight is 176 g/mol. The van der Waals surface area contributed by atoms with Crippen molar-refractivity contribution in [3.63, 3.8) is 0 Å². The molecule has 0 amide bonds. The smallest absolute Gasteiger partial charge is 0.303 e. The molecule has 5 nitrogen and oxygen atoms in total. The van der Waals surface area contributed by atoms with Gasteiger partial charge in [0.15, 0.2) is 0 Å². The molecule has 0 spiro atoms. The van der Waals surface area contributed by atoms with Gasteiger partial charge in [-0.1, -0.05) is 0 Å². The molecule has 0 radical (unpaired) electrons. The maximum atomic E-state index is 9.56. The number of hydrogen-bond acceptors (Lipinski definition) is 5. The maximum absolute atomic E-state index is 9.56. The highest BCUT2D eigenvalue weighted by atomic mass is 17.1. The summed E-state index contributed by atoms with van der Waals surface area (Å²) in [4.78, 5) is 31.6. The molecule has 0 aromatic carbocycles. The summed E-state index contributed by atoms with van der Waals surface area (Å²) in [5.74, 6) is -0.690. The molecule has 0 atom stereocenters. The normalized spacial score (nSPS) is 7.50. The van der Waals surface area contributed by atoms with E-state index in [2.05, 4.69) is 4.89 Å². The van der Waals surface area contributed by atoms with E-state index < -0.39 is 5.97 Å². The Hall–Kier alpha value is -1.23. The van der Waals surface area contributed by atoms with Gasteiger partial charge in [-0.25, -0.2) is 4.79 Å². The highest BCUT2D eigenvalue weighted by molar-refractivity contribution is 5.64. The van der Waals surface area contributed by atoms with Gasteiger partial charge >= 0.3 is 5.97 Å². The van der Waals surface area contributed by atoms with Crippen molar-refractivity contribution < 1.29 is 24.5 Å². The van der Waals surface area contributed by atoms with E-state index in [1.807, 2.05) is 0 Å². The lowest BCUT2D eigenvalue weighted by Crippen LogP contribution is -1.89. The van der Waals surface area contributed by atoms with Gasteiger partial charge in [0, 0.05) is 19.8 Å². The SMILES string of the molecule is CC(=O)OO.O=CCCCC=O. The number of carbonyl (C=O) groups is 3. The van der Waals surface area contributed by atoms with E-state index in [0.29, 0.717) is 19.3 Å². The molecule has 0 heterocycles. The standard InChI is InChI=1S/C5H8O2.C2H4O3/c6-4-2-1-3-5-7;1-2(3)5-4/h4-5H,1-3H2;4H,1H3. The van der Waals surface area contributed by atoms with Crippen molar-refractivity contribution in [2.45, 2.75) is 26.2 Å². The van der Waals surface area contributed by atoms with Crippen LogP contribution in [0.4, 0.5) is 0 Å². The summed E-state index contributed by atoms with van der Waals surface area (Å²) in [6.45, 7) is 1.11. The van der Waals surface area contributed by atoms with Gasteiger partial charge in [0.2, 0.25) is 0 Å². The first-order valence-electron chi connectivity index (χ1n) is 3.38. The van der Waals surface area contributed by atoms with Crippen LogP contribution in [0.3, 0.4) is 0 Å². The largest absolute Gasteiger partial charge is 0.339 e. The lowest BCUT2D eigenvalue weighted by atomic mass is 10.3. The van der Waals surface area contributed by atoms with E-state index >= 15 is 0 Å². The molecule has 5 heteroatoms. The Morgan fingerprint density at radius 2 is 1.67 bits per heavy atom. The second kappa shape index (κ2) is 12.4. The molecule has 0 aromatic heterocycles. The molecule has 0 aromatic rings. The molecule has 0 saturated heterocycles. The molecule has 1 N–H and O–H groups in total. The number of rotatable bonds is 4. The highest BCUT2D eigenvalue weighted by Gasteiger charge is 1.80. The minimum atomic E-state index is -0.690. The second-order valence-electron chi connectivity index (χ2n) is 1.85. The van der Waals surface area contributed by atoms with Crippen molar-refractivity contribution in [1.82, 2.24) is 0 Å². The van der Waals surface area contributed by atoms with Crippen molar-refractivity contribution in [2.24, 2.45) is 0 Å². The fourth-order valence-electron chi connectivity index (χ4n) is 0.285. The van der Waals surface area contributed by atoms with Crippen molar-refractivity contribution >= 4 is 18.5 Å². The Kier molecular flexibility index (Phi) is 13.9. The van der Waals surface area contributed by atoms with Gasteiger partial charge in [-0.3, -0.25) is 0 Å². The van der Waals surface area contributed by atoms with Crippen molar-refractivity contribution in [3.8, 4) is 0 Å². The minimum absolute atomic E-state index is 0.513. The van der Waals surface area contributed by atoms with Gasteiger partial charge in [-0.05, 0) is 6.42 Å². The molecule has 0 bridgehead atoms. The molecule has 0 aliphatic carbocycles. The van der Waals surface area contributed by atoms with Gasteiger partial charge in [-0.2, -0.15) is 5.26 Å². The van der Waals surface area contributed by atoms with Crippen molar-refractivity contribution in [2.75, 3.05) is 0 Å². The zero-order valence-electron chi connectivity index (χ0n) is 6.86. The quantitative estimate of drug-likeness (QED) is 0.293. The monoisotopic (exact) mass is 176 g/mol. The van der Waals surface area contributed by atoms with E-state index in [0.717, 1.165) is 19.5 Å². The number of hydrogen-bond donors (Lipinski definition) is 1. The lowest BCUT2D eigenvalue weighted by molar-refractivity contribution is -0.231. The van der Waals surface area contributed by atoms with E-state index in [1.165, 1.54) is 0 Å². The van der Waals surface area contributed by atoms with E-state index in [-0.39, 0.29) is 0 Å². The summed E-state index contributed by atoms with van der Waals surface area (Å²) < 4.78 is 0. The van der Waals surface area contributed by atoms with Crippen LogP contribution < -0.4 is 0 Å². The van der Waals surface area contributed by atoms with E-state index in [9.17, 15) is 14.4 Å². The van der Waals surface area contributed by atoms with Gasteiger partial charge in [0.1, 0.15) is 12.6 Å². The van der Waals surface area contributed by atoms with E-state index in [1.54, 1.807) is 0 Å². The number of aldehydes is 2. The van der Waals surface area contributed by atoms with Crippen molar-refractivity contribution in [1.29, 1.82) is 0 Å². The molecule has 0 saturated carbocycles. The van der Waals surface area contributed by atoms with Crippen LogP contribution in [-0.4, -0.2) is 23.8 Å². The molecular formula is C7H12O5. The topological polar surface area (TPSA) is 80.7 Å². The van der Waals surface area contributed by atoms with Gasteiger partial charge in [0.25, 0.3) is 0 Å². The zero-order valence-corrected chi connectivity index (χ0v) is 6.86. The maximum Gasteiger partial charge on any atom is 0.339 e.